The van der Waals surface area contributed by atoms with Crippen LogP contribution in [0.2, 0.25) is 0 Å². The third-order valence-electron chi connectivity index (χ3n) is 5.75. The molecular weight excluding hydrogens is 762 g/mol. The summed E-state index contributed by atoms with van der Waals surface area (Å²) in [6, 6.07) is 0. The number of carbonyl (C=O) groups excluding carboxylic acids is 3. The predicted molar refractivity (Wildman–Crippen MR) is 176 cm³/mol. The minimum absolute atomic E-state index is 0.125. The molecule has 15 heteroatoms. The Morgan fingerprint density at radius 2 is 0.860 bits per heavy atom. The Kier molecular flexibility index (Phi) is 21.2. The average Bonchev–Trinajstić information content (AvgIpc) is 2.88. The second-order valence-corrected chi connectivity index (χ2v) is 17.7. The zero-order valence-corrected chi connectivity index (χ0v) is 31.4. The van der Waals surface area contributed by atoms with Crippen LogP contribution in [0, 0.1) is 5.41 Å². The van der Waals surface area contributed by atoms with E-state index in [1.54, 1.807) is 48.5 Å². The van der Waals surface area contributed by atoms with Gasteiger partial charge in [-0.05, 0) is 48.5 Å². The van der Waals surface area contributed by atoms with Crippen molar-refractivity contribution < 1.29 is 43.2 Å². The van der Waals surface area contributed by atoms with Gasteiger partial charge in [-0.15, -0.1) is 0 Å². The summed E-state index contributed by atoms with van der Waals surface area (Å²) in [5, 5.41) is 17.9. The fraction of sp³-hybridized carbons (Fsp3) is 0.893. The van der Waals surface area contributed by atoms with Crippen LogP contribution < -0.4 is 16.0 Å². The number of rotatable bonds is 25. The van der Waals surface area contributed by atoms with Crippen LogP contribution >= 0.6 is 47.8 Å². The molecule has 0 saturated carbocycles. The van der Waals surface area contributed by atoms with Crippen molar-refractivity contribution in [3.63, 3.8) is 0 Å². The molecule has 0 aromatic heterocycles. The molecule has 0 aromatic rings. The first-order valence-corrected chi connectivity index (χ1v) is 16.7. The SMILES string of the molecule is CC(O)COCCOCCOCCOCCOCC(CNC(=O)C(C)(C)Br)(CNC(=O)C(C)(C)Br)CNC(=O)C(C)(C)Br. The van der Waals surface area contributed by atoms with E-state index in [1.807, 2.05) is 0 Å². The summed E-state index contributed by atoms with van der Waals surface area (Å²) >= 11 is 10.1. The van der Waals surface area contributed by atoms with E-state index in [0.29, 0.717) is 46.2 Å². The summed E-state index contributed by atoms with van der Waals surface area (Å²) in [5.41, 5.74) is -0.861. The number of aliphatic hydroxyl groups is 1. The first-order valence-electron chi connectivity index (χ1n) is 14.3. The number of carbonyl (C=O) groups is 3. The van der Waals surface area contributed by atoms with Crippen LogP contribution in [0.4, 0.5) is 0 Å². The number of nitrogens with one attached hydrogen (secondary N) is 3. The van der Waals surface area contributed by atoms with Gasteiger partial charge in [-0.25, -0.2) is 0 Å². The van der Waals surface area contributed by atoms with Gasteiger partial charge >= 0.3 is 0 Å². The topological polar surface area (TPSA) is 154 Å². The van der Waals surface area contributed by atoms with Gasteiger partial charge in [0.25, 0.3) is 0 Å². The van der Waals surface area contributed by atoms with Gasteiger partial charge in [-0.3, -0.25) is 14.4 Å². The van der Waals surface area contributed by atoms with E-state index in [0.717, 1.165) is 0 Å². The molecule has 4 N–H and O–H groups in total. The first kappa shape index (κ1) is 42.6. The highest BCUT2D eigenvalue weighted by atomic mass is 79.9. The van der Waals surface area contributed by atoms with E-state index in [4.69, 9.17) is 28.8 Å². The third kappa shape index (κ3) is 21.9. The summed E-state index contributed by atoms with van der Waals surface area (Å²) in [7, 11) is 0. The molecule has 0 fully saturated rings. The summed E-state index contributed by atoms with van der Waals surface area (Å²) in [6.45, 7) is 15.9. The number of alkyl halides is 3. The quantitative estimate of drug-likeness (QED) is 0.0804. The maximum Gasteiger partial charge on any atom is 0.236 e. The lowest BCUT2D eigenvalue weighted by Gasteiger charge is -2.36. The number of aliphatic hydroxyl groups excluding tert-OH is 1. The maximum absolute atomic E-state index is 12.7. The van der Waals surface area contributed by atoms with Crippen molar-refractivity contribution in [1.82, 2.24) is 16.0 Å². The smallest absolute Gasteiger partial charge is 0.236 e. The zero-order chi connectivity index (χ0) is 33.2. The van der Waals surface area contributed by atoms with E-state index in [1.165, 1.54) is 0 Å². The molecule has 0 aliphatic heterocycles. The lowest BCUT2D eigenvalue weighted by atomic mass is 9.87. The Labute approximate surface area is 282 Å². The minimum Gasteiger partial charge on any atom is -0.391 e. The molecule has 1 atom stereocenters. The Morgan fingerprint density at radius 3 is 1.14 bits per heavy atom. The van der Waals surface area contributed by atoms with Gasteiger partial charge < -0.3 is 44.7 Å². The molecule has 0 spiro atoms. The van der Waals surface area contributed by atoms with Gasteiger partial charge in [-0.2, -0.15) is 0 Å². The number of ether oxygens (including phenoxy) is 5. The highest BCUT2D eigenvalue weighted by Crippen LogP contribution is 2.22. The Hall–Kier alpha value is -0.390. The van der Waals surface area contributed by atoms with Crippen LogP contribution in [-0.4, -0.2) is 128 Å². The fourth-order valence-electron chi connectivity index (χ4n) is 3.09. The van der Waals surface area contributed by atoms with Crippen LogP contribution in [0.25, 0.3) is 0 Å². The summed E-state index contributed by atoms with van der Waals surface area (Å²) in [5.74, 6) is -0.723. The van der Waals surface area contributed by atoms with Gasteiger partial charge in [0.2, 0.25) is 17.7 Å². The zero-order valence-electron chi connectivity index (χ0n) is 26.6. The van der Waals surface area contributed by atoms with Crippen molar-refractivity contribution in [3.05, 3.63) is 0 Å². The van der Waals surface area contributed by atoms with Crippen molar-refractivity contribution in [2.75, 3.05) is 85.7 Å². The van der Waals surface area contributed by atoms with Crippen molar-refractivity contribution in [2.24, 2.45) is 5.41 Å². The molecule has 3 amide bonds. The second-order valence-electron chi connectivity index (χ2n) is 11.8. The van der Waals surface area contributed by atoms with Crippen LogP contribution in [0.1, 0.15) is 48.5 Å². The molecule has 0 aliphatic carbocycles. The van der Waals surface area contributed by atoms with E-state index in [2.05, 4.69) is 63.7 Å². The monoisotopic (exact) mass is 811 g/mol. The Balaban J connectivity index is 4.92. The Bertz CT molecular complexity index is 740. The highest BCUT2D eigenvalue weighted by molar-refractivity contribution is 9.10. The van der Waals surface area contributed by atoms with Gasteiger partial charge in [0.1, 0.15) is 0 Å². The number of hydrogen-bond acceptors (Lipinski definition) is 9. The van der Waals surface area contributed by atoms with E-state index in [9.17, 15) is 14.4 Å². The molecule has 1 unspecified atom stereocenters. The highest BCUT2D eigenvalue weighted by Gasteiger charge is 2.37. The van der Waals surface area contributed by atoms with Crippen LogP contribution in [0.5, 0.6) is 0 Å². The van der Waals surface area contributed by atoms with Gasteiger partial charge in [0.05, 0.1) is 85.1 Å². The van der Waals surface area contributed by atoms with E-state index >= 15 is 0 Å². The molecule has 0 rings (SSSR count). The lowest BCUT2D eigenvalue weighted by Crippen LogP contribution is -2.57. The normalized spacial score (nSPS) is 13.5. The van der Waals surface area contributed by atoms with Crippen LogP contribution in [0.3, 0.4) is 0 Å². The summed E-state index contributed by atoms with van der Waals surface area (Å²) < 4.78 is 25.2. The number of halogens is 3. The van der Waals surface area contributed by atoms with Crippen molar-refractivity contribution in [1.29, 1.82) is 0 Å². The van der Waals surface area contributed by atoms with Crippen molar-refractivity contribution in [2.45, 2.75) is 67.5 Å². The molecule has 43 heavy (non-hydrogen) atoms. The predicted octanol–water partition coefficient (Wildman–Crippen LogP) is 2.31. The third-order valence-corrected chi connectivity index (χ3v) is 6.83. The van der Waals surface area contributed by atoms with E-state index in [-0.39, 0.29) is 57.2 Å². The number of amides is 3. The number of hydrogen-bond donors (Lipinski definition) is 4. The summed E-state index contributed by atoms with van der Waals surface area (Å²) in [6.07, 6.45) is -0.491. The molecule has 12 nitrogen and oxygen atoms in total. The second kappa shape index (κ2) is 21.4. The van der Waals surface area contributed by atoms with Gasteiger partial charge in [0, 0.05) is 25.0 Å². The average molecular weight is 814 g/mol. The molecule has 0 bridgehead atoms. The van der Waals surface area contributed by atoms with Gasteiger partial charge in [-0.1, -0.05) is 47.8 Å². The van der Waals surface area contributed by atoms with Crippen molar-refractivity contribution in [3.8, 4) is 0 Å². The molecule has 0 radical (unpaired) electrons. The van der Waals surface area contributed by atoms with E-state index < -0.39 is 24.5 Å². The molecular formula is C28H52Br3N3O9. The minimum atomic E-state index is -0.861. The fourth-order valence-corrected chi connectivity index (χ4v) is 3.52. The van der Waals surface area contributed by atoms with Crippen molar-refractivity contribution >= 4 is 65.5 Å². The lowest BCUT2D eigenvalue weighted by molar-refractivity contribution is -0.124. The largest absolute Gasteiger partial charge is 0.391 e. The van der Waals surface area contributed by atoms with Crippen LogP contribution in [-0.2, 0) is 38.1 Å². The molecule has 0 aromatic carbocycles. The standard InChI is InChI=1S/C28H52Br3N3O9/c1-21(35)16-42-14-12-40-10-8-39-9-11-41-13-15-43-20-28(17-32-22(36)25(2,3)29,18-33-23(37)26(4,5)30)19-34-24(38)27(6,7)31/h21,35H,8-20H2,1-7H3,(H,32,36)(H,33,37)(H,34,38). The Morgan fingerprint density at radius 1 is 0.581 bits per heavy atom. The molecule has 0 aliphatic rings. The molecule has 0 heterocycles. The molecule has 0 saturated heterocycles. The maximum atomic E-state index is 12.7. The first-order chi connectivity index (χ1) is 19.8. The molecule has 254 valence electrons. The summed E-state index contributed by atoms with van der Waals surface area (Å²) in [4.78, 5) is 38.1. The van der Waals surface area contributed by atoms with Gasteiger partial charge in [0.15, 0.2) is 0 Å². The van der Waals surface area contributed by atoms with Crippen LogP contribution in [0.15, 0.2) is 0 Å².